The van der Waals surface area contributed by atoms with Crippen molar-refractivity contribution in [1.82, 2.24) is 5.32 Å². The van der Waals surface area contributed by atoms with Crippen molar-refractivity contribution in [3.05, 3.63) is 64.7 Å². The summed E-state index contributed by atoms with van der Waals surface area (Å²) in [5.41, 5.74) is 10.7. The molecule has 0 spiro atoms. The van der Waals surface area contributed by atoms with Gasteiger partial charge in [-0.05, 0) is 48.9 Å². The van der Waals surface area contributed by atoms with Crippen molar-refractivity contribution >= 4 is 11.6 Å². The number of carbonyl (C=O) groups excluding carboxylic acids is 1. The highest BCUT2D eigenvalue weighted by atomic mass is 16.1. The second-order valence-electron chi connectivity index (χ2n) is 5.65. The van der Waals surface area contributed by atoms with Gasteiger partial charge in [0, 0.05) is 5.69 Å². The first-order chi connectivity index (χ1) is 10.2. The summed E-state index contributed by atoms with van der Waals surface area (Å²) in [7, 11) is 0. The molecule has 3 heteroatoms. The molecule has 3 N–H and O–H groups in total. The Kier molecular flexibility index (Phi) is 3.65. The number of aryl methyl sites for hydroxylation is 2. The van der Waals surface area contributed by atoms with Crippen molar-refractivity contribution in [3.63, 3.8) is 0 Å². The molecule has 1 atom stereocenters. The van der Waals surface area contributed by atoms with Crippen LogP contribution in [0.25, 0.3) is 0 Å². The lowest BCUT2D eigenvalue weighted by Gasteiger charge is -2.26. The van der Waals surface area contributed by atoms with Crippen LogP contribution in [0, 0.1) is 6.92 Å². The minimum Gasteiger partial charge on any atom is -0.398 e. The largest absolute Gasteiger partial charge is 0.398 e. The average molecular weight is 280 g/mol. The van der Waals surface area contributed by atoms with E-state index in [0.29, 0.717) is 11.3 Å². The SMILES string of the molecule is Cc1cccc(C(=O)NC2CCCc3ccccc32)c1N. The van der Waals surface area contributed by atoms with E-state index in [1.165, 1.54) is 11.1 Å². The van der Waals surface area contributed by atoms with Gasteiger partial charge in [0.25, 0.3) is 5.91 Å². The Morgan fingerprint density at radius 2 is 2.00 bits per heavy atom. The van der Waals surface area contributed by atoms with E-state index in [1.807, 2.05) is 25.1 Å². The Labute approximate surface area is 125 Å². The predicted molar refractivity (Wildman–Crippen MR) is 85.2 cm³/mol. The van der Waals surface area contributed by atoms with E-state index in [2.05, 4.69) is 23.5 Å². The fraction of sp³-hybridized carbons (Fsp3) is 0.278. The molecule has 3 rings (SSSR count). The number of nitrogens with two attached hydrogens (primary N) is 1. The van der Waals surface area contributed by atoms with Crippen LogP contribution in [0.2, 0.25) is 0 Å². The first-order valence-electron chi connectivity index (χ1n) is 7.40. The molecule has 0 radical (unpaired) electrons. The van der Waals surface area contributed by atoms with Gasteiger partial charge in [-0.15, -0.1) is 0 Å². The molecule has 0 aliphatic heterocycles. The van der Waals surface area contributed by atoms with E-state index >= 15 is 0 Å². The number of carbonyl (C=O) groups is 1. The lowest BCUT2D eigenvalue weighted by atomic mass is 9.87. The van der Waals surface area contributed by atoms with Crippen LogP contribution in [-0.2, 0) is 6.42 Å². The highest BCUT2D eigenvalue weighted by molar-refractivity contribution is 5.99. The molecule has 0 saturated carbocycles. The number of benzene rings is 2. The van der Waals surface area contributed by atoms with Gasteiger partial charge in [-0.2, -0.15) is 0 Å². The number of nitrogen functional groups attached to an aromatic ring is 1. The van der Waals surface area contributed by atoms with Crippen LogP contribution in [0.1, 0.15) is 45.9 Å². The number of nitrogens with one attached hydrogen (secondary N) is 1. The molecule has 0 heterocycles. The molecule has 21 heavy (non-hydrogen) atoms. The molecule has 3 nitrogen and oxygen atoms in total. The van der Waals surface area contributed by atoms with Crippen molar-refractivity contribution < 1.29 is 4.79 Å². The van der Waals surface area contributed by atoms with Crippen LogP contribution >= 0.6 is 0 Å². The van der Waals surface area contributed by atoms with Gasteiger partial charge >= 0.3 is 0 Å². The summed E-state index contributed by atoms with van der Waals surface area (Å²) in [6.07, 6.45) is 3.18. The summed E-state index contributed by atoms with van der Waals surface area (Å²) in [6.45, 7) is 1.92. The lowest BCUT2D eigenvalue weighted by molar-refractivity contribution is 0.0933. The quantitative estimate of drug-likeness (QED) is 0.829. The van der Waals surface area contributed by atoms with Crippen molar-refractivity contribution in [2.45, 2.75) is 32.2 Å². The number of anilines is 1. The van der Waals surface area contributed by atoms with Crippen molar-refractivity contribution in [2.75, 3.05) is 5.73 Å². The maximum Gasteiger partial charge on any atom is 0.253 e. The van der Waals surface area contributed by atoms with Gasteiger partial charge in [-0.3, -0.25) is 4.79 Å². The van der Waals surface area contributed by atoms with E-state index in [1.54, 1.807) is 6.07 Å². The Balaban J connectivity index is 1.85. The third kappa shape index (κ3) is 2.64. The molecule has 2 aromatic rings. The third-order valence-electron chi connectivity index (χ3n) is 4.24. The number of amides is 1. The number of hydrogen-bond donors (Lipinski definition) is 2. The van der Waals surface area contributed by atoms with Gasteiger partial charge in [0.1, 0.15) is 0 Å². The Bertz CT molecular complexity index is 679. The summed E-state index contributed by atoms with van der Waals surface area (Å²) in [5.74, 6) is -0.0853. The zero-order chi connectivity index (χ0) is 14.8. The molecule has 1 unspecified atom stereocenters. The van der Waals surface area contributed by atoms with Crippen LogP contribution in [0.3, 0.4) is 0 Å². The number of fused-ring (bicyclic) bond motifs is 1. The fourth-order valence-electron chi connectivity index (χ4n) is 3.02. The van der Waals surface area contributed by atoms with E-state index in [9.17, 15) is 4.79 Å². The topological polar surface area (TPSA) is 55.1 Å². The standard InChI is InChI=1S/C18H20N2O/c1-12-6-4-10-15(17(12)19)18(21)20-16-11-5-8-13-7-2-3-9-14(13)16/h2-4,6-7,9-10,16H,5,8,11,19H2,1H3,(H,20,21). The second-order valence-corrected chi connectivity index (χ2v) is 5.65. The van der Waals surface area contributed by atoms with E-state index in [4.69, 9.17) is 5.73 Å². The molecule has 0 bridgehead atoms. The molecule has 0 saturated heterocycles. The highest BCUT2D eigenvalue weighted by Crippen LogP contribution is 2.30. The van der Waals surface area contributed by atoms with Crippen LogP contribution in [0.4, 0.5) is 5.69 Å². The number of rotatable bonds is 2. The van der Waals surface area contributed by atoms with Crippen molar-refractivity contribution in [3.8, 4) is 0 Å². The Morgan fingerprint density at radius 1 is 1.19 bits per heavy atom. The van der Waals surface area contributed by atoms with Gasteiger partial charge in [-0.25, -0.2) is 0 Å². The normalized spacial score (nSPS) is 17.1. The molecule has 0 aromatic heterocycles. The number of hydrogen-bond acceptors (Lipinski definition) is 2. The average Bonchev–Trinajstić information content (AvgIpc) is 2.50. The summed E-state index contributed by atoms with van der Waals surface area (Å²) in [5, 5.41) is 3.14. The van der Waals surface area contributed by atoms with Crippen LogP contribution in [-0.4, -0.2) is 5.91 Å². The molecular weight excluding hydrogens is 260 g/mol. The van der Waals surface area contributed by atoms with E-state index in [0.717, 1.165) is 24.8 Å². The molecule has 0 fully saturated rings. The summed E-state index contributed by atoms with van der Waals surface area (Å²) >= 11 is 0. The Morgan fingerprint density at radius 3 is 2.86 bits per heavy atom. The first-order valence-corrected chi connectivity index (χ1v) is 7.40. The minimum absolute atomic E-state index is 0.0853. The number of para-hydroxylation sites is 1. The van der Waals surface area contributed by atoms with Gasteiger partial charge in [0.05, 0.1) is 11.6 Å². The molecule has 2 aromatic carbocycles. The Hall–Kier alpha value is -2.29. The zero-order valence-electron chi connectivity index (χ0n) is 12.2. The van der Waals surface area contributed by atoms with E-state index < -0.39 is 0 Å². The summed E-state index contributed by atoms with van der Waals surface area (Å²) < 4.78 is 0. The summed E-state index contributed by atoms with van der Waals surface area (Å²) in [4.78, 5) is 12.5. The minimum atomic E-state index is -0.0853. The fourth-order valence-corrected chi connectivity index (χ4v) is 3.02. The molecule has 1 amide bonds. The first kappa shape index (κ1) is 13.7. The highest BCUT2D eigenvalue weighted by Gasteiger charge is 2.22. The molecular formula is C18H20N2O. The smallest absolute Gasteiger partial charge is 0.253 e. The molecule has 1 aliphatic carbocycles. The van der Waals surface area contributed by atoms with Gasteiger partial charge in [0.2, 0.25) is 0 Å². The molecule has 108 valence electrons. The van der Waals surface area contributed by atoms with Crippen molar-refractivity contribution in [2.24, 2.45) is 0 Å². The molecule has 1 aliphatic rings. The summed E-state index contributed by atoms with van der Waals surface area (Å²) in [6, 6.07) is 14.0. The maximum atomic E-state index is 12.5. The maximum absolute atomic E-state index is 12.5. The van der Waals surface area contributed by atoms with Crippen LogP contribution in [0.15, 0.2) is 42.5 Å². The lowest BCUT2D eigenvalue weighted by Crippen LogP contribution is -2.31. The monoisotopic (exact) mass is 280 g/mol. The predicted octanol–water partition coefficient (Wildman–Crippen LogP) is 3.38. The van der Waals surface area contributed by atoms with Crippen LogP contribution in [0.5, 0.6) is 0 Å². The van der Waals surface area contributed by atoms with Crippen LogP contribution < -0.4 is 11.1 Å². The van der Waals surface area contributed by atoms with E-state index in [-0.39, 0.29) is 11.9 Å². The zero-order valence-corrected chi connectivity index (χ0v) is 12.2. The second kappa shape index (κ2) is 5.60. The van der Waals surface area contributed by atoms with Gasteiger partial charge in [-0.1, -0.05) is 36.4 Å². The van der Waals surface area contributed by atoms with Crippen molar-refractivity contribution in [1.29, 1.82) is 0 Å². The van der Waals surface area contributed by atoms with Gasteiger partial charge < -0.3 is 11.1 Å². The van der Waals surface area contributed by atoms with Gasteiger partial charge in [0.15, 0.2) is 0 Å². The third-order valence-corrected chi connectivity index (χ3v) is 4.24.